The van der Waals surface area contributed by atoms with Crippen molar-refractivity contribution in [3.05, 3.63) is 23.8 Å². The predicted molar refractivity (Wildman–Crippen MR) is 123 cm³/mol. The topological polar surface area (TPSA) is 99.1 Å². The summed E-state index contributed by atoms with van der Waals surface area (Å²) in [6.45, 7) is 7.73. The van der Waals surface area contributed by atoms with Gasteiger partial charge in [-0.15, -0.1) is 0 Å². The molecule has 0 spiro atoms. The van der Waals surface area contributed by atoms with Gasteiger partial charge in [0.2, 0.25) is 5.78 Å². The Kier molecular flexibility index (Phi) is 5.54. The number of alkyl halides is 2. The smallest absolute Gasteiger partial charge is 0.305 e. The summed E-state index contributed by atoms with van der Waals surface area (Å²) in [7, 11) is 0. The first-order chi connectivity index (χ1) is 16.7. The van der Waals surface area contributed by atoms with E-state index in [-0.39, 0.29) is 31.3 Å². The van der Waals surface area contributed by atoms with Gasteiger partial charge >= 0.3 is 5.97 Å². The maximum absolute atomic E-state index is 17.3. The number of aliphatic hydroxyl groups is 1. The van der Waals surface area contributed by atoms with Crippen molar-refractivity contribution >= 4 is 17.5 Å². The number of fused-ring (bicyclic) bond motifs is 7. The largest absolute Gasteiger partial charge is 0.458 e. The third-order valence-corrected chi connectivity index (χ3v) is 9.69. The van der Waals surface area contributed by atoms with E-state index in [2.05, 4.69) is 0 Å². The SMILES string of the molecule is CCC(=O)OCC(=O)[C@@]12OC(C)(C)O[C@@H]1C[C@@H]1[C@@H]3C[C@H](F)C4=CC(=O)C=C[C@]4(C)[C@@]3(F)[C@@H](O)C[C@]12C. The number of ether oxygens (including phenoxy) is 3. The molecule has 1 heterocycles. The summed E-state index contributed by atoms with van der Waals surface area (Å²) in [4.78, 5) is 37.6. The standard InChI is InChI=1S/C27H34F2O7/c1-6-22(33)34-13-20(32)27-21(35-23(2,3)36-27)11-15-16-10-18(28)17-9-14(30)7-8-24(17,4)26(16,29)19(31)12-25(15,27)5/h7-9,15-16,18-19,21,31H,6,10-13H2,1-5H3/t15-,16+,18+,19+,21-,24+,25-,26+,27-/m1/s1. The molecule has 1 N–H and O–H groups in total. The highest BCUT2D eigenvalue weighted by molar-refractivity contribution is 6.01. The van der Waals surface area contributed by atoms with Crippen molar-refractivity contribution in [1.82, 2.24) is 0 Å². The number of Topliss-reactive ketones (excluding diaryl/α,β-unsaturated/α-hetero) is 1. The average molecular weight is 509 g/mol. The number of hydrogen-bond donors (Lipinski definition) is 1. The molecule has 0 radical (unpaired) electrons. The van der Waals surface area contributed by atoms with Crippen molar-refractivity contribution in [2.24, 2.45) is 22.7 Å². The van der Waals surface area contributed by atoms with Gasteiger partial charge < -0.3 is 19.3 Å². The van der Waals surface area contributed by atoms with E-state index in [1.807, 2.05) is 0 Å². The molecule has 1 saturated heterocycles. The maximum atomic E-state index is 17.3. The van der Waals surface area contributed by atoms with Gasteiger partial charge in [-0.2, -0.15) is 0 Å². The van der Waals surface area contributed by atoms with Crippen LogP contribution >= 0.6 is 0 Å². The van der Waals surface area contributed by atoms with Crippen molar-refractivity contribution in [2.45, 2.75) is 95.7 Å². The average Bonchev–Trinajstić information content (AvgIpc) is 3.21. The number of ketones is 2. The first-order valence-corrected chi connectivity index (χ1v) is 12.7. The van der Waals surface area contributed by atoms with E-state index in [0.717, 1.165) is 6.08 Å². The van der Waals surface area contributed by atoms with E-state index >= 15 is 8.78 Å². The van der Waals surface area contributed by atoms with Gasteiger partial charge in [0.15, 0.2) is 29.4 Å². The lowest BCUT2D eigenvalue weighted by Crippen LogP contribution is -2.71. The van der Waals surface area contributed by atoms with Crippen LogP contribution in [0.3, 0.4) is 0 Å². The molecule has 0 aromatic rings. The van der Waals surface area contributed by atoms with Crippen LogP contribution in [-0.2, 0) is 28.6 Å². The molecule has 9 heteroatoms. The predicted octanol–water partition coefficient (Wildman–Crippen LogP) is 3.33. The molecule has 0 aromatic heterocycles. The monoisotopic (exact) mass is 508 g/mol. The van der Waals surface area contributed by atoms with E-state index in [4.69, 9.17) is 14.2 Å². The molecule has 9 atom stereocenters. The fraction of sp³-hybridized carbons (Fsp3) is 0.741. The molecule has 5 rings (SSSR count). The lowest BCUT2D eigenvalue weighted by Gasteiger charge is -2.63. The van der Waals surface area contributed by atoms with Crippen molar-refractivity contribution < 1.29 is 42.5 Å². The zero-order valence-corrected chi connectivity index (χ0v) is 21.3. The second-order valence-corrected chi connectivity index (χ2v) is 11.9. The maximum Gasteiger partial charge on any atom is 0.305 e. The number of hydrogen-bond acceptors (Lipinski definition) is 7. The molecule has 1 aliphatic heterocycles. The van der Waals surface area contributed by atoms with Gasteiger partial charge in [0.25, 0.3) is 0 Å². The van der Waals surface area contributed by atoms with E-state index < -0.39 is 82.2 Å². The van der Waals surface area contributed by atoms with Crippen LogP contribution in [0.25, 0.3) is 0 Å². The number of aliphatic hydroxyl groups excluding tert-OH is 1. The molecule has 3 saturated carbocycles. The number of rotatable bonds is 4. The molecule has 0 bridgehead atoms. The Morgan fingerprint density at radius 1 is 1.19 bits per heavy atom. The minimum absolute atomic E-state index is 0.0421. The summed E-state index contributed by atoms with van der Waals surface area (Å²) < 4.78 is 50.6. The summed E-state index contributed by atoms with van der Waals surface area (Å²) in [5, 5.41) is 11.5. The molecule has 36 heavy (non-hydrogen) atoms. The molecule has 7 nitrogen and oxygen atoms in total. The number of carbonyl (C=O) groups excluding carboxylic acids is 3. The summed E-state index contributed by atoms with van der Waals surface area (Å²) in [5.41, 5.74) is -6.46. The van der Waals surface area contributed by atoms with Crippen LogP contribution < -0.4 is 0 Å². The summed E-state index contributed by atoms with van der Waals surface area (Å²) in [6.07, 6.45) is -0.236. The van der Waals surface area contributed by atoms with Crippen LogP contribution in [0.15, 0.2) is 23.8 Å². The summed E-state index contributed by atoms with van der Waals surface area (Å²) in [5.74, 6) is -4.13. The first-order valence-electron chi connectivity index (χ1n) is 12.7. The Balaban J connectivity index is 1.60. The van der Waals surface area contributed by atoms with Crippen molar-refractivity contribution in [1.29, 1.82) is 0 Å². The lowest BCUT2D eigenvalue weighted by atomic mass is 9.44. The Bertz CT molecular complexity index is 1080. The van der Waals surface area contributed by atoms with Crippen LogP contribution in [0.5, 0.6) is 0 Å². The number of allylic oxidation sites excluding steroid dienone is 4. The van der Waals surface area contributed by atoms with Crippen molar-refractivity contribution in [3.63, 3.8) is 0 Å². The van der Waals surface area contributed by atoms with E-state index in [1.165, 1.54) is 19.1 Å². The number of carbonyl (C=O) groups is 3. The van der Waals surface area contributed by atoms with E-state index in [9.17, 15) is 19.5 Å². The fourth-order valence-corrected chi connectivity index (χ4v) is 8.16. The minimum Gasteiger partial charge on any atom is -0.458 e. The Hall–Kier alpha value is -1.97. The first kappa shape index (κ1) is 25.7. The molecule has 0 unspecified atom stereocenters. The van der Waals surface area contributed by atoms with E-state index in [0.29, 0.717) is 0 Å². The van der Waals surface area contributed by atoms with Crippen LogP contribution in [0.4, 0.5) is 8.78 Å². The Morgan fingerprint density at radius 3 is 2.56 bits per heavy atom. The van der Waals surface area contributed by atoms with Crippen LogP contribution in [0, 0.1) is 22.7 Å². The second kappa shape index (κ2) is 7.77. The summed E-state index contributed by atoms with van der Waals surface area (Å²) in [6, 6.07) is 0. The lowest BCUT2D eigenvalue weighted by molar-refractivity contribution is -0.249. The van der Waals surface area contributed by atoms with Crippen LogP contribution in [0.1, 0.15) is 60.3 Å². The van der Waals surface area contributed by atoms with Gasteiger partial charge in [-0.1, -0.05) is 19.9 Å². The van der Waals surface area contributed by atoms with Gasteiger partial charge in [-0.3, -0.25) is 14.4 Å². The van der Waals surface area contributed by atoms with Crippen molar-refractivity contribution in [2.75, 3.05) is 6.61 Å². The summed E-state index contributed by atoms with van der Waals surface area (Å²) >= 11 is 0. The molecule has 4 fully saturated rings. The zero-order valence-electron chi connectivity index (χ0n) is 21.3. The van der Waals surface area contributed by atoms with E-state index in [1.54, 1.807) is 27.7 Å². The number of halogens is 2. The molecule has 5 aliphatic rings. The molecule has 0 aromatic carbocycles. The molecule has 4 aliphatic carbocycles. The van der Waals surface area contributed by atoms with Crippen LogP contribution in [0.2, 0.25) is 0 Å². The van der Waals surface area contributed by atoms with Gasteiger partial charge in [0, 0.05) is 23.2 Å². The number of esters is 1. The van der Waals surface area contributed by atoms with Gasteiger partial charge in [0.1, 0.15) is 6.17 Å². The fourth-order valence-electron chi connectivity index (χ4n) is 8.16. The van der Waals surface area contributed by atoms with Crippen molar-refractivity contribution in [3.8, 4) is 0 Å². The Labute approximate surface area is 209 Å². The minimum atomic E-state index is -2.27. The van der Waals surface area contributed by atoms with Crippen LogP contribution in [-0.4, -0.2) is 64.7 Å². The molecule has 198 valence electrons. The third-order valence-electron chi connectivity index (χ3n) is 9.69. The normalized spacial score (nSPS) is 48.4. The van der Waals surface area contributed by atoms with Gasteiger partial charge in [-0.25, -0.2) is 8.78 Å². The Morgan fingerprint density at radius 2 is 1.89 bits per heavy atom. The van der Waals surface area contributed by atoms with Gasteiger partial charge in [-0.05, 0) is 63.7 Å². The van der Waals surface area contributed by atoms with Gasteiger partial charge in [0.05, 0.1) is 12.2 Å². The second-order valence-electron chi connectivity index (χ2n) is 11.9. The third kappa shape index (κ3) is 3.02. The molecular weight excluding hydrogens is 474 g/mol. The quantitative estimate of drug-likeness (QED) is 0.582. The molecular formula is C27H34F2O7. The zero-order chi connectivity index (χ0) is 26.5. The highest BCUT2D eigenvalue weighted by Gasteiger charge is 2.80. The highest BCUT2D eigenvalue weighted by Crippen LogP contribution is 2.72. The highest BCUT2D eigenvalue weighted by atomic mass is 19.1. The molecule has 0 amide bonds.